The van der Waals surface area contributed by atoms with Crippen molar-refractivity contribution in [3.8, 4) is 0 Å². The largest absolute Gasteiger partial charge is 0.382 e. The third-order valence-electron chi connectivity index (χ3n) is 3.10. The van der Waals surface area contributed by atoms with Gasteiger partial charge in [0.1, 0.15) is 0 Å². The van der Waals surface area contributed by atoms with Crippen molar-refractivity contribution in [2.45, 2.75) is 56.4 Å². The molecule has 13 heavy (non-hydrogen) atoms. The highest BCUT2D eigenvalue weighted by Gasteiger charge is 2.22. The molecule has 0 aromatic rings. The Morgan fingerprint density at radius 1 is 1.31 bits per heavy atom. The molecular weight excluding hydrogens is 228 g/mol. The van der Waals surface area contributed by atoms with E-state index in [0.29, 0.717) is 6.10 Å². The first-order valence-corrected chi connectivity index (χ1v) is 6.32. The molecule has 0 aromatic heterocycles. The van der Waals surface area contributed by atoms with Crippen molar-refractivity contribution in [3.63, 3.8) is 0 Å². The third-order valence-corrected chi connectivity index (χ3v) is 4.31. The fourth-order valence-electron chi connectivity index (χ4n) is 2.13. The van der Waals surface area contributed by atoms with Gasteiger partial charge in [0, 0.05) is 11.9 Å². The Balaban J connectivity index is 2.35. The highest BCUT2D eigenvalue weighted by atomic mass is 79.9. The summed E-state index contributed by atoms with van der Waals surface area (Å²) in [6.45, 7) is 2.17. The van der Waals surface area contributed by atoms with E-state index in [9.17, 15) is 0 Å². The second kappa shape index (κ2) is 6.02. The minimum absolute atomic E-state index is 0.420. The molecule has 1 nitrogen and oxygen atoms in total. The Hall–Kier alpha value is 0.440. The van der Waals surface area contributed by atoms with Crippen LogP contribution in [0.25, 0.3) is 0 Å². The number of hydrogen-bond donors (Lipinski definition) is 0. The first-order valence-electron chi connectivity index (χ1n) is 5.41. The lowest BCUT2D eigenvalue weighted by atomic mass is 9.94. The van der Waals surface area contributed by atoms with E-state index in [0.717, 1.165) is 10.7 Å². The summed E-state index contributed by atoms with van der Waals surface area (Å²) < 4.78 is 5.32. The van der Waals surface area contributed by atoms with Crippen LogP contribution in [-0.2, 0) is 4.74 Å². The topological polar surface area (TPSA) is 9.23 Å². The molecule has 0 aliphatic heterocycles. The van der Waals surface area contributed by atoms with Crippen LogP contribution >= 0.6 is 15.9 Å². The molecule has 0 bridgehead atoms. The molecule has 0 saturated heterocycles. The van der Waals surface area contributed by atoms with E-state index in [1.807, 2.05) is 7.11 Å². The Bertz CT molecular complexity index is 138. The van der Waals surface area contributed by atoms with Gasteiger partial charge in [-0.2, -0.15) is 0 Å². The van der Waals surface area contributed by atoms with Crippen molar-refractivity contribution >= 4 is 15.9 Å². The van der Waals surface area contributed by atoms with Gasteiger partial charge in [-0.1, -0.05) is 35.2 Å². The molecule has 3 atom stereocenters. The number of halogens is 1. The van der Waals surface area contributed by atoms with Crippen molar-refractivity contribution in [1.29, 1.82) is 0 Å². The highest BCUT2D eigenvalue weighted by Crippen LogP contribution is 2.32. The number of rotatable bonds is 3. The highest BCUT2D eigenvalue weighted by molar-refractivity contribution is 9.09. The molecule has 0 heterocycles. The minimum atomic E-state index is 0.420. The van der Waals surface area contributed by atoms with E-state index in [1.165, 1.54) is 38.5 Å². The van der Waals surface area contributed by atoms with Gasteiger partial charge in [-0.25, -0.2) is 0 Å². The monoisotopic (exact) mass is 248 g/mol. The van der Waals surface area contributed by atoms with Crippen LogP contribution in [0.1, 0.15) is 45.4 Å². The lowest BCUT2D eigenvalue weighted by Gasteiger charge is -2.22. The SMILES string of the molecule is COC(C)CC1CCCCCC1Br. The summed E-state index contributed by atoms with van der Waals surface area (Å²) in [7, 11) is 1.81. The number of hydrogen-bond acceptors (Lipinski definition) is 1. The van der Waals surface area contributed by atoms with Gasteiger partial charge in [-0.3, -0.25) is 0 Å². The molecule has 0 N–H and O–H groups in total. The fourth-order valence-corrected chi connectivity index (χ4v) is 2.93. The van der Waals surface area contributed by atoms with Crippen LogP contribution in [0.2, 0.25) is 0 Å². The second-order valence-corrected chi connectivity index (χ2v) is 5.37. The summed E-state index contributed by atoms with van der Waals surface area (Å²) in [4.78, 5) is 0.729. The summed E-state index contributed by atoms with van der Waals surface area (Å²) in [6.07, 6.45) is 8.58. The van der Waals surface area contributed by atoms with E-state index in [2.05, 4.69) is 22.9 Å². The summed E-state index contributed by atoms with van der Waals surface area (Å²) in [5, 5.41) is 0. The van der Waals surface area contributed by atoms with Crippen LogP contribution in [0, 0.1) is 5.92 Å². The Kier molecular flexibility index (Phi) is 5.34. The average Bonchev–Trinajstić information content (AvgIpc) is 2.32. The maximum Gasteiger partial charge on any atom is 0.0546 e. The van der Waals surface area contributed by atoms with Crippen molar-refractivity contribution in [3.05, 3.63) is 0 Å². The molecule has 0 aromatic carbocycles. The maximum atomic E-state index is 5.32. The lowest BCUT2D eigenvalue weighted by Crippen LogP contribution is -2.19. The molecule has 1 aliphatic carbocycles. The first-order chi connectivity index (χ1) is 6.24. The van der Waals surface area contributed by atoms with E-state index in [-0.39, 0.29) is 0 Å². The van der Waals surface area contributed by atoms with Gasteiger partial charge in [-0.05, 0) is 32.1 Å². The van der Waals surface area contributed by atoms with Crippen LogP contribution in [-0.4, -0.2) is 18.0 Å². The fraction of sp³-hybridized carbons (Fsp3) is 1.00. The first kappa shape index (κ1) is 11.5. The van der Waals surface area contributed by atoms with Crippen LogP contribution in [0.3, 0.4) is 0 Å². The van der Waals surface area contributed by atoms with Crippen LogP contribution in [0.15, 0.2) is 0 Å². The van der Waals surface area contributed by atoms with Crippen LogP contribution in [0.4, 0.5) is 0 Å². The van der Waals surface area contributed by atoms with Gasteiger partial charge >= 0.3 is 0 Å². The molecule has 1 aliphatic rings. The maximum absolute atomic E-state index is 5.32. The Labute approximate surface area is 90.4 Å². The molecule has 1 rings (SSSR count). The Morgan fingerprint density at radius 3 is 2.69 bits per heavy atom. The molecule has 3 unspecified atom stereocenters. The zero-order chi connectivity index (χ0) is 9.68. The normalized spacial score (nSPS) is 32.5. The van der Waals surface area contributed by atoms with Crippen molar-refractivity contribution < 1.29 is 4.74 Å². The predicted octanol–water partition coefficient (Wildman–Crippen LogP) is 3.76. The standard InChI is InChI=1S/C11H21BrO/c1-9(13-2)8-10-6-4-3-5-7-11(10)12/h9-11H,3-8H2,1-2H3. The summed E-state index contributed by atoms with van der Waals surface area (Å²) >= 11 is 3.81. The smallest absolute Gasteiger partial charge is 0.0546 e. The molecule has 2 heteroatoms. The number of ether oxygens (including phenoxy) is 1. The summed E-state index contributed by atoms with van der Waals surface area (Å²) in [5.74, 6) is 0.831. The van der Waals surface area contributed by atoms with Gasteiger partial charge < -0.3 is 4.74 Å². The summed E-state index contributed by atoms with van der Waals surface area (Å²) in [5.41, 5.74) is 0. The molecule has 78 valence electrons. The number of methoxy groups -OCH3 is 1. The van der Waals surface area contributed by atoms with Gasteiger partial charge in [0.15, 0.2) is 0 Å². The van der Waals surface area contributed by atoms with Crippen molar-refractivity contribution in [2.24, 2.45) is 5.92 Å². The van der Waals surface area contributed by atoms with Crippen molar-refractivity contribution in [1.82, 2.24) is 0 Å². The van der Waals surface area contributed by atoms with E-state index >= 15 is 0 Å². The molecule has 0 spiro atoms. The summed E-state index contributed by atoms with van der Waals surface area (Å²) in [6, 6.07) is 0. The minimum Gasteiger partial charge on any atom is -0.382 e. The van der Waals surface area contributed by atoms with E-state index in [4.69, 9.17) is 4.74 Å². The van der Waals surface area contributed by atoms with Gasteiger partial charge in [0.2, 0.25) is 0 Å². The quantitative estimate of drug-likeness (QED) is 0.546. The average molecular weight is 249 g/mol. The van der Waals surface area contributed by atoms with E-state index in [1.54, 1.807) is 0 Å². The zero-order valence-electron chi connectivity index (χ0n) is 8.76. The zero-order valence-corrected chi connectivity index (χ0v) is 10.3. The van der Waals surface area contributed by atoms with Crippen LogP contribution in [0.5, 0.6) is 0 Å². The van der Waals surface area contributed by atoms with Crippen molar-refractivity contribution in [2.75, 3.05) is 7.11 Å². The molecule has 1 saturated carbocycles. The predicted molar refractivity (Wildman–Crippen MR) is 60.4 cm³/mol. The molecule has 0 radical (unpaired) electrons. The van der Waals surface area contributed by atoms with E-state index < -0.39 is 0 Å². The molecular formula is C11H21BrO. The lowest BCUT2D eigenvalue weighted by molar-refractivity contribution is 0.0935. The van der Waals surface area contributed by atoms with Crippen LogP contribution < -0.4 is 0 Å². The van der Waals surface area contributed by atoms with Gasteiger partial charge in [0.05, 0.1) is 6.10 Å². The van der Waals surface area contributed by atoms with Gasteiger partial charge in [0.25, 0.3) is 0 Å². The second-order valence-electron chi connectivity index (χ2n) is 4.20. The molecule has 1 fully saturated rings. The third kappa shape index (κ3) is 3.99. The van der Waals surface area contributed by atoms with Gasteiger partial charge in [-0.15, -0.1) is 0 Å². The Morgan fingerprint density at radius 2 is 2.00 bits per heavy atom. The number of alkyl halides is 1. The molecule has 0 amide bonds.